The third-order valence-electron chi connectivity index (χ3n) is 4.60. The molecule has 0 radical (unpaired) electrons. The minimum Gasteiger partial charge on any atom is -0.270 e. The number of imide groups is 2. The van der Waals surface area contributed by atoms with E-state index >= 15 is 0 Å². The van der Waals surface area contributed by atoms with Gasteiger partial charge in [-0.05, 0) is 19.8 Å². The highest BCUT2D eigenvalue weighted by Crippen LogP contribution is 2.39. The predicted molar refractivity (Wildman–Crippen MR) is 72.6 cm³/mol. The summed E-state index contributed by atoms with van der Waals surface area (Å²) in [6.45, 7) is 1.79. The van der Waals surface area contributed by atoms with Gasteiger partial charge in [0.2, 0.25) is 0 Å². The van der Waals surface area contributed by atoms with Crippen molar-refractivity contribution in [1.82, 2.24) is 9.80 Å². The molecule has 0 N–H and O–H groups in total. The van der Waals surface area contributed by atoms with Crippen molar-refractivity contribution in [2.45, 2.75) is 44.2 Å². The van der Waals surface area contributed by atoms with Gasteiger partial charge < -0.3 is 0 Å². The Bertz CT molecular complexity index is 571. The molecule has 6 heteroatoms. The maximum absolute atomic E-state index is 12.0. The van der Waals surface area contributed by atoms with Gasteiger partial charge in [0.05, 0.1) is 11.6 Å². The minimum absolute atomic E-state index is 0.370. The molecule has 0 saturated heterocycles. The standard InChI is InChI=1S/C15H16N2O4/c1-15(17-13(20)7-8-14(17)21)9-3-2-4-10(15)16-11(18)5-6-12(16)19/h5-8,10H,2-4,9H2,1H3. The van der Waals surface area contributed by atoms with Gasteiger partial charge in [-0.1, -0.05) is 12.8 Å². The summed E-state index contributed by atoms with van der Waals surface area (Å²) in [5.74, 6) is -1.49. The Balaban J connectivity index is 1.98. The maximum atomic E-state index is 12.0. The largest absolute Gasteiger partial charge is 0.270 e. The van der Waals surface area contributed by atoms with Gasteiger partial charge in [-0.25, -0.2) is 0 Å². The monoisotopic (exact) mass is 288 g/mol. The maximum Gasteiger partial charge on any atom is 0.254 e. The molecule has 3 rings (SSSR count). The van der Waals surface area contributed by atoms with E-state index in [-0.39, 0.29) is 23.6 Å². The van der Waals surface area contributed by atoms with Crippen LogP contribution in [0.15, 0.2) is 24.3 Å². The van der Waals surface area contributed by atoms with Crippen LogP contribution in [0.25, 0.3) is 0 Å². The van der Waals surface area contributed by atoms with E-state index in [1.165, 1.54) is 34.1 Å². The van der Waals surface area contributed by atoms with Crippen LogP contribution >= 0.6 is 0 Å². The van der Waals surface area contributed by atoms with E-state index in [1.54, 1.807) is 6.92 Å². The first-order valence-electron chi connectivity index (χ1n) is 7.06. The molecule has 2 heterocycles. The lowest BCUT2D eigenvalue weighted by atomic mass is 9.76. The van der Waals surface area contributed by atoms with E-state index in [9.17, 15) is 19.2 Å². The van der Waals surface area contributed by atoms with Crippen molar-refractivity contribution in [2.75, 3.05) is 0 Å². The lowest BCUT2D eigenvalue weighted by molar-refractivity contribution is -0.156. The van der Waals surface area contributed by atoms with Crippen molar-refractivity contribution in [3.8, 4) is 0 Å². The third kappa shape index (κ3) is 1.93. The van der Waals surface area contributed by atoms with Crippen molar-refractivity contribution >= 4 is 23.6 Å². The van der Waals surface area contributed by atoms with Crippen LogP contribution in [0.4, 0.5) is 0 Å². The first-order chi connectivity index (χ1) is 9.95. The molecule has 0 bridgehead atoms. The Morgan fingerprint density at radius 2 is 1.43 bits per heavy atom. The summed E-state index contributed by atoms with van der Waals surface area (Å²) in [5, 5.41) is 0. The predicted octanol–water partition coefficient (Wildman–Crippen LogP) is 0.538. The van der Waals surface area contributed by atoms with E-state index in [1.807, 2.05) is 0 Å². The van der Waals surface area contributed by atoms with Crippen LogP contribution in [-0.2, 0) is 19.2 Å². The molecule has 0 aromatic heterocycles. The fraction of sp³-hybridized carbons (Fsp3) is 0.467. The van der Waals surface area contributed by atoms with E-state index in [4.69, 9.17) is 0 Å². The summed E-state index contributed by atoms with van der Waals surface area (Å²) in [7, 11) is 0. The molecule has 0 aromatic rings. The number of hydrogen-bond acceptors (Lipinski definition) is 4. The Labute approximate surface area is 122 Å². The number of carbonyl (C=O) groups is 4. The highest BCUT2D eigenvalue weighted by Gasteiger charge is 2.51. The molecule has 21 heavy (non-hydrogen) atoms. The molecule has 3 aliphatic rings. The summed E-state index contributed by atoms with van der Waals surface area (Å²) in [6, 6.07) is -0.464. The van der Waals surface area contributed by atoms with Crippen molar-refractivity contribution in [3.63, 3.8) is 0 Å². The highest BCUT2D eigenvalue weighted by molar-refractivity contribution is 6.15. The summed E-state index contributed by atoms with van der Waals surface area (Å²) < 4.78 is 0. The molecule has 1 fully saturated rings. The van der Waals surface area contributed by atoms with Crippen LogP contribution in [0.2, 0.25) is 0 Å². The third-order valence-corrected chi connectivity index (χ3v) is 4.60. The minimum atomic E-state index is -0.840. The summed E-state index contributed by atoms with van der Waals surface area (Å²) in [6.07, 6.45) is 7.87. The molecule has 1 saturated carbocycles. The van der Waals surface area contributed by atoms with Crippen LogP contribution in [0.1, 0.15) is 32.6 Å². The lowest BCUT2D eigenvalue weighted by Gasteiger charge is -2.49. The van der Waals surface area contributed by atoms with Gasteiger partial charge in [0.25, 0.3) is 23.6 Å². The van der Waals surface area contributed by atoms with E-state index < -0.39 is 11.6 Å². The topological polar surface area (TPSA) is 74.8 Å². The fourth-order valence-electron chi connectivity index (χ4n) is 3.59. The molecule has 0 spiro atoms. The smallest absolute Gasteiger partial charge is 0.254 e. The van der Waals surface area contributed by atoms with Crippen molar-refractivity contribution < 1.29 is 19.2 Å². The van der Waals surface area contributed by atoms with E-state index in [2.05, 4.69) is 0 Å². The molecule has 1 aliphatic carbocycles. The summed E-state index contributed by atoms with van der Waals surface area (Å²) in [4.78, 5) is 50.4. The zero-order chi connectivity index (χ0) is 15.2. The molecular formula is C15H16N2O4. The Morgan fingerprint density at radius 3 is 2.00 bits per heavy atom. The van der Waals surface area contributed by atoms with Crippen LogP contribution in [-0.4, -0.2) is 45.0 Å². The summed E-state index contributed by atoms with van der Waals surface area (Å²) in [5.41, 5.74) is -0.840. The van der Waals surface area contributed by atoms with Crippen LogP contribution in [0.5, 0.6) is 0 Å². The molecule has 6 nitrogen and oxygen atoms in total. The molecule has 2 unspecified atom stereocenters. The normalized spacial score (nSPS) is 32.7. The van der Waals surface area contributed by atoms with Gasteiger partial charge in [0.1, 0.15) is 0 Å². The second-order valence-corrected chi connectivity index (χ2v) is 5.84. The van der Waals surface area contributed by atoms with Gasteiger partial charge >= 0.3 is 0 Å². The highest BCUT2D eigenvalue weighted by atomic mass is 16.2. The average molecular weight is 288 g/mol. The number of amides is 4. The summed E-state index contributed by atoms with van der Waals surface area (Å²) >= 11 is 0. The van der Waals surface area contributed by atoms with E-state index in [0.29, 0.717) is 12.8 Å². The molecule has 4 amide bonds. The van der Waals surface area contributed by atoms with Gasteiger partial charge in [-0.15, -0.1) is 0 Å². The molecule has 110 valence electrons. The van der Waals surface area contributed by atoms with Crippen molar-refractivity contribution in [2.24, 2.45) is 0 Å². The zero-order valence-electron chi connectivity index (χ0n) is 11.7. The first-order valence-corrected chi connectivity index (χ1v) is 7.06. The Morgan fingerprint density at radius 1 is 0.905 bits per heavy atom. The van der Waals surface area contributed by atoms with Crippen molar-refractivity contribution in [3.05, 3.63) is 24.3 Å². The van der Waals surface area contributed by atoms with Gasteiger partial charge in [-0.3, -0.25) is 29.0 Å². The number of hydrogen-bond donors (Lipinski definition) is 0. The molecule has 2 aliphatic heterocycles. The SMILES string of the molecule is CC1(N2C(=O)C=CC2=O)CCCCC1N1C(=O)C=CC1=O. The second kappa shape index (κ2) is 4.65. The molecule has 2 atom stereocenters. The van der Waals surface area contributed by atoms with Gasteiger partial charge in [-0.2, -0.15) is 0 Å². The second-order valence-electron chi connectivity index (χ2n) is 5.84. The number of carbonyl (C=O) groups excluding carboxylic acids is 4. The Hall–Kier alpha value is -2.24. The van der Waals surface area contributed by atoms with Crippen LogP contribution in [0.3, 0.4) is 0 Å². The quantitative estimate of drug-likeness (QED) is 0.695. The average Bonchev–Trinajstić information content (AvgIpc) is 2.94. The number of nitrogens with zero attached hydrogens (tertiary/aromatic N) is 2. The number of rotatable bonds is 2. The van der Waals surface area contributed by atoms with Crippen LogP contribution < -0.4 is 0 Å². The van der Waals surface area contributed by atoms with Gasteiger partial charge in [0, 0.05) is 24.3 Å². The first kappa shape index (κ1) is 13.7. The zero-order valence-corrected chi connectivity index (χ0v) is 11.7. The lowest BCUT2D eigenvalue weighted by Crippen LogP contribution is -2.64. The van der Waals surface area contributed by atoms with Crippen molar-refractivity contribution in [1.29, 1.82) is 0 Å². The van der Waals surface area contributed by atoms with E-state index in [0.717, 1.165) is 12.8 Å². The fourth-order valence-corrected chi connectivity index (χ4v) is 3.59. The Kier molecular flexibility index (Phi) is 3.04. The molecular weight excluding hydrogens is 272 g/mol. The van der Waals surface area contributed by atoms with Gasteiger partial charge in [0.15, 0.2) is 0 Å². The molecule has 0 aromatic carbocycles. The van der Waals surface area contributed by atoms with Crippen LogP contribution in [0, 0.1) is 0 Å².